The summed E-state index contributed by atoms with van der Waals surface area (Å²) in [5.41, 5.74) is 1.88. The third kappa shape index (κ3) is 4.70. The van der Waals surface area contributed by atoms with Crippen LogP contribution in [0, 0.1) is 6.92 Å². The van der Waals surface area contributed by atoms with Crippen molar-refractivity contribution in [3.63, 3.8) is 0 Å². The molecule has 3 rings (SSSR count). The van der Waals surface area contributed by atoms with E-state index in [0.717, 1.165) is 23.4 Å². The zero-order valence-electron chi connectivity index (χ0n) is 16.1. The molecule has 1 saturated heterocycles. The predicted octanol–water partition coefficient (Wildman–Crippen LogP) is 2.31. The van der Waals surface area contributed by atoms with E-state index >= 15 is 0 Å². The van der Waals surface area contributed by atoms with Crippen molar-refractivity contribution in [2.24, 2.45) is 7.05 Å². The number of pyridine rings is 1. The van der Waals surface area contributed by atoms with Crippen LogP contribution in [-0.2, 0) is 18.3 Å². The molecule has 6 heteroatoms. The van der Waals surface area contributed by atoms with Gasteiger partial charge >= 0.3 is 0 Å². The smallest absolute Gasteiger partial charge is 0.254 e. The maximum atomic E-state index is 12.5. The van der Waals surface area contributed by atoms with Crippen molar-refractivity contribution in [1.29, 1.82) is 0 Å². The Morgan fingerprint density at radius 3 is 2.59 bits per heavy atom. The van der Waals surface area contributed by atoms with E-state index in [9.17, 15) is 9.59 Å². The van der Waals surface area contributed by atoms with Crippen molar-refractivity contribution in [2.45, 2.75) is 32.3 Å². The van der Waals surface area contributed by atoms with Crippen molar-refractivity contribution in [3.05, 3.63) is 58.0 Å². The summed E-state index contributed by atoms with van der Waals surface area (Å²) in [6.07, 6.45) is 1.90. The minimum atomic E-state index is -0.0876. The minimum Gasteiger partial charge on any atom is -0.497 e. The molecule has 1 aliphatic heterocycles. The first-order valence-electron chi connectivity index (χ1n) is 9.21. The number of hydrogen-bond donors (Lipinski definition) is 0. The summed E-state index contributed by atoms with van der Waals surface area (Å²) in [5.74, 6) is 1.53. The Balaban J connectivity index is 1.51. The average Bonchev–Trinajstić information content (AvgIpc) is 3.13. The van der Waals surface area contributed by atoms with Gasteiger partial charge in [-0.05, 0) is 37.1 Å². The maximum absolute atomic E-state index is 12.5. The molecule has 1 aromatic heterocycles. The number of methoxy groups -OCH3 is 1. The Labute approximate surface area is 159 Å². The number of hydrogen-bond acceptors (Lipinski definition) is 4. The molecule has 27 heavy (non-hydrogen) atoms. The number of benzene rings is 1. The van der Waals surface area contributed by atoms with Crippen LogP contribution in [0.2, 0.25) is 0 Å². The van der Waals surface area contributed by atoms with E-state index in [-0.39, 0.29) is 17.6 Å². The Morgan fingerprint density at radius 2 is 1.93 bits per heavy atom. The molecule has 2 heterocycles. The molecule has 0 bridgehead atoms. The highest BCUT2D eigenvalue weighted by Gasteiger charge is 2.27. The van der Waals surface area contributed by atoms with Crippen LogP contribution < -0.4 is 15.0 Å². The van der Waals surface area contributed by atoms with Gasteiger partial charge in [0.05, 0.1) is 13.7 Å². The molecular weight excluding hydrogens is 344 g/mol. The summed E-state index contributed by atoms with van der Waals surface area (Å²) >= 11 is 0. The van der Waals surface area contributed by atoms with E-state index in [1.165, 1.54) is 6.07 Å². The molecular formula is C21H26N2O4. The van der Waals surface area contributed by atoms with Crippen molar-refractivity contribution in [2.75, 3.05) is 20.2 Å². The van der Waals surface area contributed by atoms with Gasteiger partial charge in [0, 0.05) is 38.2 Å². The molecule has 0 N–H and O–H groups in total. The zero-order chi connectivity index (χ0) is 19.4. The molecule has 1 aliphatic rings. The second-order valence-electron chi connectivity index (χ2n) is 6.95. The Bertz CT molecular complexity index is 857. The summed E-state index contributed by atoms with van der Waals surface area (Å²) < 4.78 is 12.7. The van der Waals surface area contributed by atoms with E-state index in [0.29, 0.717) is 31.7 Å². The van der Waals surface area contributed by atoms with Crippen LogP contribution in [0.25, 0.3) is 0 Å². The molecule has 0 aliphatic carbocycles. The highest BCUT2D eigenvalue weighted by molar-refractivity contribution is 5.76. The lowest BCUT2D eigenvalue weighted by molar-refractivity contribution is -0.130. The molecule has 6 nitrogen and oxygen atoms in total. The van der Waals surface area contributed by atoms with Gasteiger partial charge in [-0.2, -0.15) is 0 Å². The van der Waals surface area contributed by atoms with Gasteiger partial charge in [-0.1, -0.05) is 12.1 Å². The Hall–Kier alpha value is -2.76. The number of nitrogens with zero attached hydrogens (tertiary/aromatic N) is 2. The normalized spacial score (nSPS) is 16.4. The number of amides is 1. The molecule has 0 saturated carbocycles. The first-order chi connectivity index (χ1) is 13.0. The molecule has 1 unspecified atom stereocenters. The first kappa shape index (κ1) is 19.0. The summed E-state index contributed by atoms with van der Waals surface area (Å²) in [4.78, 5) is 26.2. The lowest BCUT2D eigenvalue weighted by Crippen LogP contribution is -2.31. The topological polar surface area (TPSA) is 60.8 Å². The number of carbonyl (C=O) groups excluding carboxylic acids is 1. The minimum absolute atomic E-state index is 0.0681. The molecule has 1 atom stereocenters. The molecule has 1 fully saturated rings. The molecule has 1 amide bonds. The molecule has 0 spiro atoms. The quantitative estimate of drug-likeness (QED) is 0.783. The lowest BCUT2D eigenvalue weighted by atomic mass is 10.1. The third-order valence-corrected chi connectivity index (χ3v) is 5.06. The van der Waals surface area contributed by atoms with Gasteiger partial charge in [0.1, 0.15) is 17.6 Å². The van der Waals surface area contributed by atoms with Gasteiger partial charge in [0.25, 0.3) is 5.56 Å². The monoisotopic (exact) mass is 370 g/mol. The highest BCUT2D eigenvalue weighted by Crippen LogP contribution is 2.19. The highest BCUT2D eigenvalue weighted by atomic mass is 16.5. The van der Waals surface area contributed by atoms with Crippen LogP contribution in [-0.4, -0.2) is 41.7 Å². The van der Waals surface area contributed by atoms with E-state index in [1.54, 1.807) is 18.7 Å². The van der Waals surface area contributed by atoms with Crippen LogP contribution >= 0.6 is 0 Å². The van der Waals surface area contributed by atoms with Gasteiger partial charge in [-0.15, -0.1) is 0 Å². The van der Waals surface area contributed by atoms with Crippen molar-refractivity contribution in [1.82, 2.24) is 9.47 Å². The Kier molecular flexibility index (Phi) is 5.84. The van der Waals surface area contributed by atoms with E-state index < -0.39 is 0 Å². The Morgan fingerprint density at radius 1 is 1.19 bits per heavy atom. The molecule has 1 aromatic carbocycles. The maximum Gasteiger partial charge on any atom is 0.254 e. The number of carbonyl (C=O) groups is 1. The first-order valence-corrected chi connectivity index (χ1v) is 9.21. The fourth-order valence-electron chi connectivity index (χ4n) is 3.25. The molecule has 144 valence electrons. The summed E-state index contributed by atoms with van der Waals surface area (Å²) in [6, 6.07) is 11.1. The number of aryl methyl sites for hydroxylation is 2. The third-order valence-electron chi connectivity index (χ3n) is 5.06. The van der Waals surface area contributed by atoms with Gasteiger partial charge in [0.2, 0.25) is 5.91 Å². The second-order valence-corrected chi connectivity index (χ2v) is 6.95. The van der Waals surface area contributed by atoms with Gasteiger partial charge in [-0.3, -0.25) is 9.59 Å². The number of rotatable bonds is 6. The summed E-state index contributed by atoms with van der Waals surface area (Å²) in [6.45, 7) is 3.13. The van der Waals surface area contributed by atoms with E-state index in [2.05, 4.69) is 0 Å². The van der Waals surface area contributed by atoms with E-state index in [4.69, 9.17) is 9.47 Å². The molecule has 2 aromatic rings. The van der Waals surface area contributed by atoms with Crippen molar-refractivity contribution >= 4 is 5.91 Å². The van der Waals surface area contributed by atoms with Crippen molar-refractivity contribution < 1.29 is 14.3 Å². The average molecular weight is 370 g/mol. The van der Waals surface area contributed by atoms with Crippen LogP contribution in [0.1, 0.15) is 24.1 Å². The SMILES string of the molecule is COc1ccc(CCC(=O)N2CCC(Oc3cc(C)n(C)c(=O)c3)C2)cc1. The summed E-state index contributed by atoms with van der Waals surface area (Å²) in [7, 11) is 3.37. The standard InChI is InChI=1S/C21H26N2O4/c1-15-12-19(13-21(25)22(15)2)27-18-10-11-23(14-18)20(24)9-6-16-4-7-17(26-3)8-5-16/h4-5,7-8,12-13,18H,6,9-11,14H2,1-3H3. The second kappa shape index (κ2) is 8.29. The van der Waals surface area contributed by atoms with Crippen molar-refractivity contribution in [3.8, 4) is 11.5 Å². The molecule has 0 radical (unpaired) electrons. The van der Waals surface area contributed by atoms with E-state index in [1.807, 2.05) is 42.2 Å². The van der Waals surface area contributed by atoms with Crippen LogP contribution in [0.15, 0.2) is 41.2 Å². The fraction of sp³-hybridized carbons (Fsp3) is 0.429. The predicted molar refractivity (Wildman–Crippen MR) is 103 cm³/mol. The fourth-order valence-corrected chi connectivity index (χ4v) is 3.25. The number of aromatic nitrogens is 1. The largest absolute Gasteiger partial charge is 0.497 e. The van der Waals surface area contributed by atoms with Gasteiger partial charge < -0.3 is 18.9 Å². The van der Waals surface area contributed by atoms with Crippen LogP contribution in [0.4, 0.5) is 0 Å². The lowest BCUT2D eigenvalue weighted by Gasteiger charge is -2.18. The number of likely N-dealkylation sites (tertiary alicyclic amines) is 1. The van der Waals surface area contributed by atoms with Gasteiger partial charge in [-0.25, -0.2) is 0 Å². The summed E-state index contributed by atoms with van der Waals surface area (Å²) in [5, 5.41) is 0. The number of ether oxygens (including phenoxy) is 2. The van der Waals surface area contributed by atoms with Crippen LogP contribution in [0.3, 0.4) is 0 Å². The van der Waals surface area contributed by atoms with Crippen LogP contribution in [0.5, 0.6) is 11.5 Å². The zero-order valence-corrected chi connectivity index (χ0v) is 16.1. The van der Waals surface area contributed by atoms with Gasteiger partial charge in [0.15, 0.2) is 0 Å².